The van der Waals surface area contributed by atoms with E-state index in [1.165, 1.54) is 0 Å². The molecule has 4 atom stereocenters. The molecular formula is C22H17Br2Cl2NO3. The lowest BCUT2D eigenvalue weighted by Crippen LogP contribution is -2.23. The highest BCUT2D eigenvalue weighted by molar-refractivity contribution is 9.13. The van der Waals surface area contributed by atoms with Gasteiger partial charge in [-0.2, -0.15) is 5.26 Å². The molecule has 0 amide bonds. The van der Waals surface area contributed by atoms with Crippen LogP contribution < -0.4 is 4.74 Å². The number of nitriles is 1. The Morgan fingerprint density at radius 1 is 1.17 bits per heavy atom. The van der Waals surface area contributed by atoms with E-state index in [2.05, 4.69) is 37.9 Å². The standard InChI is InChI=1S/C22H17Br2Cl2NO3/c23-19(22(24,25)26)17-18(21(17)9-10-21)20(28)30-16(12-27)13-5-4-8-15(11-13)29-14-6-2-1-3-7-14/h1-8,11,16-19H,9-10H2. The number of hydrogen-bond acceptors (Lipinski definition) is 4. The maximum Gasteiger partial charge on any atom is 0.311 e. The van der Waals surface area contributed by atoms with E-state index in [4.69, 9.17) is 32.7 Å². The summed E-state index contributed by atoms with van der Waals surface area (Å²) >= 11 is 19.1. The van der Waals surface area contributed by atoms with Crippen LogP contribution in [0.5, 0.6) is 11.5 Å². The topological polar surface area (TPSA) is 59.3 Å². The quantitative estimate of drug-likeness (QED) is 0.267. The highest BCUT2D eigenvalue weighted by Gasteiger charge is 2.78. The molecule has 0 saturated heterocycles. The number of nitrogens with zero attached hydrogens (tertiary/aromatic N) is 1. The molecule has 2 saturated carbocycles. The Morgan fingerprint density at radius 3 is 2.43 bits per heavy atom. The van der Waals surface area contributed by atoms with Crippen molar-refractivity contribution >= 4 is 61.0 Å². The first-order valence-electron chi connectivity index (χ1n) is 9.40. The molecule has 4 unspecified atom stereocenters. The second kappa shape index (κ2) is 8.35. The molecule has 0 aromatic heterocycles. The Balaban J connectivity index is 1.46. The molecule has 0 N–H and O–H groups in total. The van der Waals surface area contributed by atoms with Gasteiger partial charge in [0.15, 0.2) is 3.24 Å². The number of rotatable bonds is 7. The van der Waals surface area contributed by atoms with Crippen LogP contribution in [-0.2, 0) is 9.53 Å². The van der Waals surface area contributed by atoms with Crippen LogP contribution in [0.3, 0.4) is 0 Å². The third-order valence-electron chi connectivity index (χ3n) is 5.73. The fourth-order valence-corrected chi connectivity index (χ4v) is 5.47. The van der Waals surface area contributed by atoms with Gasteiger partial charge in [0.1, 0.15) is 17.6 Å². The van der Waals surface area contributed by atoms with Crippen molar-refractivity contribution in [3.8, 4) is 17.6 Å². The first-order chi connectivity index (χ1) is 14.3. The van der Waals surface area contributed by atoms with E-state index in [0.717, 1.165) is 12.8 Å². The maximum atomic E-state index is 12.9. The van der Waals surface area contributed by atoms with Crippen molar-refractivity contribution in [2.75, 3.05) is 0 Å². The largest absolute Gasteiger partial charge is 0.457 e. The van der Waals surface area contributed by atoms with E-state index in [-0.39, 0.29) is 22.1 Å². The zero-order valence-electron chi connectivity index (χ0n) is 15.6. The van der Waals surface area contributed by atoms with E-state index >= 15 is 0 Å². The van der Waals surface area contributed by atoms with Gasteiger partial charge in [-0.1, -0.05) is 69.5 Å². The Hall–Kier alpha value is -1.26. The zero-order chi connectivity index (χ0) is 21.5. The van der Waals surface area contributed by atoms with Crippen molar-refractivity contribution in [2.45, 2.75) is 27.0 Å². The molecule has 0 bridgehead atoms. The highest BCUT2D eigenvalue weighted by Crippen LogP contribution is 2.78. The van der Waals surface area contributed by atoms with E-state index in [0.29, 0.717) is 17.1 Å². The number of carbonyl (C=O) groups excluding carboxylic acids is 1. The molecule has 156 valence electrons. The number of carbonyl (C=O) groups is 1. The summed E-state index contributed by atoms with van der Waals surface area (Å²) < 4.78 is 10.2. The summed E-state index contributed by atoms with van der Waals surface area (Å²) in [6.07, 6.45) is 0.825. The van der Waals surface area contributed by atoms with Gasteiger partial charge in [0.2, 0.25) is 6.10 Å². The Bertz CT molecular complexity index is 986. The molecule has 30 heavy (non-hydrogen) atoms. The minimum absolute atomic E-state index is 0.0357. The molecule has 1 spiro atoms. The Morgan fingerprint density at radius 2 is 1.83 bits per heavy atom. The second-order valence-corrected chi connectivity index (χ2v) is 12.1. The lowest BCUT2D eigenvalue weighted by molar-refractivity contribution is -0.149. The fraction of sp³-hybridized carbons (Fsp3) is 0.364. The summed E-state index contributed by atoms with van der Waals surface area (Å²) in [6.45, 7) is 0. The van der Waals surface area contributed by atoms with Gasteiger partial charge < -0.3 is 9.47 Å². The highest BCUT2D eigenvalue weighted by atomic mass is 79.9. The van der Waals surface area contributed by atoms with Gasteiger partial charge in [0.25, 0.3) is 0 Å². The third-order valence-corrected chi connectivity index (χ3v) is 9.09. The first-order valence-corrected chi connectivity index (χ1v) is 11.9. The molecule has 2 aliphatic carbocycles. The van der Waals surface area contributed by atoms with Crippen LogP contribution in [-0.4, -0.2) is 14.0 Å². The van der Waals surface area contributed by atoms with Gasteiger partial charge in [-0.15, -0.1) is 0 Å². The smallest absolute Gasteiger partial charge is 0.311 e. The van der Waals surface area contributed by atoms with E-state index in [1.54, 1.807) is 24.3 Å². The number of esters is 1. The summed E-state index contributed by atoms with van der Waals surface area (Å²) in [4.78, 5) is 12.6. The van der Waals surface area contributed by atoms with Crippen LogP contribution >= 0.6 is 55.1 Å². The minimum atomic E-state index is -1.18. The zero-order valence-corrected chi connectivity index (χ0v) is 20.3. The van der Waals surface area contributed by atoms with E-state index in [1.807, 2.05) is 30.3 Å². The van der Waals surface area contributed by atoms with Gasteiger partial charge in [0, 0.05) is 5.56 Å². The number of benzene rings is 2. The van der Waals surface area contributed by atoms with Gasteiger partial charge in [0.05, 0.1) is 10.7 Å². The number of alkyl halides is 4. The second-order valence-electron chi connectivity index (χ2n) is 7.61. The van der Waals surface area contributed by atoms with Gasteiger partial charge >= 0.3 is 5.97 Å². The van der Waals surface area contributed by atoms with Gasteiger partial charge in [-0.25, -0.2) is 0 Å². The third kappa shape index (κ3) is 4.36. The number of halogens is 4. The molecule has 2 aliphatic rings. The van der Waals surface area contributed by atoms with Crippen LogP contribution in [0.1, 0.15) is 24.5 Å². The first kappa shape index (κ1) is 22.0. The van der Waals surface area contributed by atoms with Crippen molar-refractivity contribution in [3.63, 3.8) is 0 Å². The predicted molar refractivity (Wildman–Crippen MR) is 122 cm³/mol. The Labute approximate surface area is 201 Å². The summed E-state index contributed by atoms with van der Waals surface area (Å²) in [5.74, 6) is 0.489. The van der Waals surface area contributed by atoms with Crippen molar-refractivity contribution < 1.29 is 14.3 Å². The van der Waals surface area contributed by atoms with Crippen molar-refractivity contribution in [1.29, 1.82) is 5.26 Å². The lowest BCUT2D eigenvalue weighted by atomic mass is 10.1. The Kier molecular flexibility index (Phi) is 6.11. The normalized spacial score (nSPS) is 23.2. The van der Waals surface area contributed by atoms with Crippen molar-refractivity contribution in [2.24, 2.45) is 17.3 Å². The maximum absolute atomic E-state index is 12.9. The number of para-hydroxylation sites is 1. The molecule has 2 aromatic rings. The molecule has 4 rings (SSSR count). The SMILES string of the molecule is N#CC(OC(=O)C1C(C(Br)C(Cl)(Cl)Br)C12CC2)c1cccc(Oc2ccccc2)c1. The summed E-state index contributed by atoms with van der Waals surface area (Å²) in [5.41, 5.74) is 0.438. The number of hydrogen-bond donors (Lipinski definition) is 0. The molecule has 0 aliphatic heterocycles. The minimum Gasteiger partial charge on any atom is -0.457 e. The van der Waals surface area contributed by atoms with Crippen LogP contribution in [0, 0.1) is 28.6 Å². The lowest BCUT2D eigenvalue weighted by Gasteiger charge is -2.19. The van der Waals surface area contributed by atoms with Crippen LogP contribution in [0.15, 0.2) is 54.6 Å². The molecule has 2 aromatic carbocycles. The van der Waals surface area contributed by atoms with Crippen LogP contribution in [0.25, 0.3) is 0 Å². The summed E-state index contributed by atoms with van der Waals surface area (Å²) in [5, 5.41) is 9.63. The van der Waals surface area contributed by atoms with E-state index in [9.17, 15) is 10.1 Å². The molecule has 0 heterocycles. The average molecular weight is 574 g/mol. The molecule has 4 nitrogen and oxygen atoms in total. The van der Waals surface area contributed by atoms with Gasteiger partial charge in [-0.05, 0) is 64.4 Å². The molecule has 8 heteroatoms. The summed E-state index contributed by atoms with van der Waals surface area (Å²) in [7, 11) is 0. The molecule has 0 radical (unpaired) electrons. The van der Waals surface area contributed by atoms with Crippen molar-refractivity contribution in [1.82, 2.24) is 0 Å². The fourth-order valence-electron chi connectivity index (χ4n) is 4.08. The predicted octanol–water partition coefficient (Wildman–Crippen LogP) is 6.90. The van der Waals surface area contributed by atoms with Crippen molar-refractivity contribution in [3.05, 3.63) is 60.2 Å². The van der Waals surface area contributed by atoms with Crippen LogP contribution in [0.4, 0.5) is 0 Å². The molecule has 2 fully saturated rings. The number of ether oxygens (including phenoxy) is 2. The molecular weight excluding hydrogens is 557 g/mol. The average Bonchev–Trinajstić information content (AvgIpc) is 3.63. The summed E-state index contributed by atoms with van der Waals surface area (Å²) in [6, 6.07) is 18.4. The van der Waals surface area contributed by atoms with Gasteiger partial charge in [-0.3, -0.25) is 4.79 Å². The van der Waals surface area contributed by atoms with E-state index < -0.39 is 15.3 Å². The monoisotopic (exact) mass is 571 g/mol. The van der Waals surface area contributed by atoms with Crippen LogP contribution in [0.2, 0.25) is 0 Å².